The van der Waals surface area contributed by atoms with E-state index in [0.717, 1.165) is 24.2 Å². The second-order valence-corrected chi connectivity index (χ2v) is 3.23. The van der Waals surface area contributed by atoms with Gasteiger partial charge in [0.15, 0.2) is 0 Å². The van der Waals surface area contributed by atoms with Crippen LogP contribution in [0.4, 0.5) is 0 Å². The van der Waals surface area contributed by atoms with E-state index in [1.165, 1.54) is 0 Å². The fourth-order valence-electron chi connectivity index (χ4n) is 1.15. The minimum atomic E-state index is 0. The molecule has 2 rings (SSSR count). The first kappa shape index (κ1) is 16.0. The zero-order valence-corrected chi connectivity index (χ0v) is 12.5. The van der Waals surface area contributed by atoms with Gasteiger partial charge in [-0.1, -0.05) is 0 Å². The first-order chi connectivity index (χ1) is 7.86. The molecule has 0 aromatic carbocycles. The molecule has 0 fully saturated rings. The van der Waals surface area contributed by atoms with Crippen molar-refractivity contribution in [3.8, 4) is 0 Å². The van der Waals surface area contributed by atoms with Gasteiger partial charge in [-0.3, -0.25) is 0 Å². The maximum Gasteiger partial charge on any atom is 0.0921 e. The van der Waals surface area contributed by atoms with Crippen molar-refractivity contribution in [3.05, 3.63) is 36.4 Å². The van der Waals surface area contributed by atoms with Gasteiger partial charge in [0.2, 0.25) is 0 Å². The zero-order chi connectivity index (χ0) is 11.6. The summed E-state index contributed by atoms with van der Waals surface area (Å²) in [4.78, 5) is 13.6. The molecule has 2 heterocycles. The van der Waals surface area contributed by atoms with Gasteiger partial charge in [0, 0.05) is 57.7 Å². The van der Waals surface area contributed by atoms with Crippen molar-refractivity contribution in [1.29, 1.82) is 0 Å². The summed E-state index contributed by atoms with van der Waals surface area (Å²) in [6.45, 7) is 1.37. The summed E-state index contributed by atoms with van der Waals surface area (Å²) >= 11 is 0. The van der Waals surface area contributed by atoms with E-state index < -0.39 is 0 Å². The molecule has 2 aromatic rings. The second kappa shape index (κ2) is 10.2. The number of H-pyrrole nitrogens is 2. The Morgan fingerprint density at radius 3 is 1.53 bits per heavy atom. The van der Waals surface area contributed by atoms with Crippen LogP contribution in [0.1, 0.15) is 11.4 Å². The van der Waals surface area contributed by atoms with E-state index in [2.05, 4.69) is 19.9 Å². The average molecular weight is 406 g/mol. The molecule has 6 N–H and O–H groups in total. The van der Waals surface area contributed by atoms with Crippen molar-refractivity contribution < 1.29 is 21.1 Å². The quantitative estimate of drug-likeness (QED) is 0.565. The number of aromatic amines is 2. The third-order valence-electron chi connectivity index (χ3n) is 1.94. The number of nitrogens with two attached hydrogens (primary N) is 2. The maximum absolute atomic E-state index is 5.27. The van der Waals surface area contributed by atoms with Crippen molar-refractivity contribution in [2.75, 3.05) is 13.1 Å². The Balaban J connectivity index is 0.000000284. The van der Waals surface area contributed by atoms with Crippen LogP contribution in [0.2, 0.25) is 0 Å². The van der Waals surface area contributed by atoms with E-state index in [1.807, 2.05) is 0 Å². The molecule has 2 aromatic heterocycles. The minimum absolute atomic E-state index is 0. The zero-order valence-electron chi connectivity index (χ0n) is 9.60. The van der Waals surface area contributed by atoms with Crippen molar-refractivity contribution in [2.24, 2.45) is 11.5 Å². The van der Waals surface area contributed by atoms with Gasteiger partial charge in [0.25, 0.3) is 0 Å². The van der Waals surface area contributed by atoms with Crippen molar-refractivity contribution >= 4 is 0 Å². The van der Waals surface area contributed by atoms with E-state index in [9.17, 15) is 0 Å². The molecule has 0 amide bonds. The molecule has 0 aliphatic carbocycles. The Hall–Kier alpha value is -0.972. The SMILES string of the molecule is NCCc1cnc[nH]1.NCCc1cnc[nH]1.[W]. The van der Waals surface area contributed by atoms with E-state index in [-0.39, 0.29) is 21.1 Å². The Labute approximate surface area is 115 Å². The normalized spacial score (nSPS) is 9.06. The molecule has 0 spiro atoms. The summed E-state index contributed by atoms with van der Waals surface area (Å²) in [6, 6.07) is 0. The van der Waals surface area contributed by atoms with Crippen LogP contribution >= 0.6 is 0 Å². The smallest absolute Gasteiger partial charge is 0.0921 e. The van der Waals surface area contributed by atoms with Gasteiger partial charge in [-0.25, -0.2) is 9.97 Å². The van der Waals surface area contributed by atoms with Crippen LogP contribution in [0.25, 0.3) is 0 Å². The van der Waals surface area contributed by atoms with Gasteiger partial charge >= 0.3 is 0 Å². The summed E-state index contributed by atoms with van der Waals surface area (Å²) in [6.07, 6.45) is 8.66. The molecule has 94 valence electrons. The Morgan fingerprint density at radius 2 is 1.29 bits per heavy atom. The molecule has 0 saturated carbocycles. The van der Waals surface area contributed by atoms with Crippen LogP contribution in [0.5, 0.6) is 0 Å². The fourth-order valence-corrected chi connectivity index (χ4v) is 1.15. The molecule has 17 heavy (non-hydrogen) atoms. The third kappa shape index (κ3) is 7.05. The van der Waals surface area contributed by atoms with Crippen LogP contribution in [0.15, 0.2) is 25.0 Å². The van der Waals surface area contributed by atoms with Crippen LogP contribution < -0.4 is 11.5 Å². The fraction of sp³-hybridized carbons (Fsp3) is 0.400. The number of hydrogen-bond donors (Lipinski definition) is 4. The first-order valence-corrected chi connectivity index (χ1v) is 5.21. The van der Waals surface area contributed by atoms with Crippen molar-refractivity contribution in [3.63, 3.8) is 0 Å². The molecule has 0 aliphatic rings. The minimum Gasteiger partial charge on any atom is -0.348 e. The topological polar surface area (TPSA) is 109 Å². The largest absolute Gasteiger partial charge is 0.348 e. The summed E-state index contributed by atoms with van der Waals surface area (Å²) in [5.41, 5.74) is 12.8. The molecular weight excluding hydrogens is 388 g/mol. The first-order valence-electron chi connectivity index (χ1n) is 5.21. The monoisotopic (exact) mass is 406 g/mol. The van der Waals surface area contributed by atoms with Gasteiger partial charge in [-0.2, -0.15) is 0 Å². The standard InChI is InChI=1S/2C5H9N3.W/c2*6-2-1-5-3-7-4-8-5;/h2*3-4H,1-2,6H2,(H,7,8);. The van der Waals surface area contributed by atoms with E-state index in [0.29, 0.717) is 13.1 Å². The molecule has 0 atom stereocenters. The number of rotatable bonds is 4. The summed E-state index contributed by atoms with van der Waals surface area (Å²) in [5, 5.41) is 0. The van der Waals surface area contributed by atoms with Gasteiger partial charge in [-0.05, 0) is 13.1 Å². The van der Waals surface area contributed by atoms with Crippen LogP contribution in [-0.4, -0.2) is 33.0 Å². The number of imidazole rings is 2. The number of nitrogens with one attached hydrogen (secondary N) is 2. The second-order valence-electron chi connectivity index (χ2n) is 3.23. The van der Waals surface area contributed by atoms with Gasteiger partial charge in [0.05, 0.1) is 12.7 Å². The molecule has 0 unspecified atom stereocenters. The number of nitrogens with zero attached hydrogens (tertiary/aromatic N) is 2. The molecule has 0 radical (unpaired) electrons. The van der Waals surface area contributed by atoms with E-state index in [4.69, 9.17) is 11.5 Å². The van der Waals surface area contributed by atoms with E-state index >= 15 is 0 Å². The van der Waals surface area contributed by atoms with Gasteiger partial charge in [0.1, 0.15) is 0 Å². The molecular formula is C10H18N6W. The van der Waals surface area contributed by atoms with Crippen molar-refractivity contribution in [2.45, 2.75) is 12.8 Å². The van der Waals surface area contributed by atoms with E-state index in [1.54, 1.807) is 25.0 Å². The average Bonchev–Trinajstić information content (AvgIpc) is 2.92. The summed E-state index contributed by atoms with van der Waals surface area (Å²) in [5.74, 6) is 0. The maximum atomic E-state index is 5.27. The van der Waals surface area contributed by atoms with Crippen LogP contribution in [0, 0.1) is 0 Å². The van der Waals surface area contributed by atoms with Crippen molar-refractivity contribution in [1.82, 2.24) is 19.9 Å². The third-order valence-corrected chi connectivity index (χ3v) is 1.94. The Kier molecular flexibility index (Phi) is 9.62. The molecule has 6 nitrogen and oxygen atoms in total. The molecule has 0 bridgehead atoms. The Morgan fingerprint density at radius 1 is 0.882 bits per heavy atom. The number of hydrogen-bond acceptors (Lipinski definition) is 4. The molecule has 0 saturated heterocycles. The summed E-state index contributed by atoms with van der Waals surface area (Å²) in [7, 11) is 0. The molecule has 0 aliphatic heterocycles. The summed E-state index contributed by atoms with van der Waals surface area (Å²) < 4.78 is 0. The Bertz CT molecular complexity index is 309. The van der Waals surface area contributed by atoms with Crippen LogP contribution in [-0.2, 0) is 33.9 Å². The van der Waals surface area contributed by atoms with Gasteiger partial charge < -0.3 is 21.4 Å². The molecule has 7 heteroatoms. The van der Waals surface area contributed by atoms with Gasteiger partial charge in [-0.15, -0.1) is 0 Å². The van der Waals surface area contributed by atoms with Crippen LogP contribution in [0.3, 0.4) is 0 Å². The number of aromatic nitrogens is 4. The predicted octanol–water partition coefficient (Wildman–Crippen LogP) is -0.181. The predicted molar refractivity (Wildman–Crippen MR) is 62.7 cm³/mol.